The van der Waals surface area contributed by atoms with Crippen LogP contribution >= 0.6 is 0 Å². The number of hydrogen-bond acceptors (Lipinski definition) is 3. The van der Waals surface area contributed by atoms with Crippen LogP contribution in [0.15, 0.2) is 103 Å². The van der Waals surface area contributed by atoms with Gasteiger partial charge in [0.1, 0.15) is 11.4 Å². The smallest absolute Gasteiger partial charge is 0.242 e. The predicted molar refractivity (Wildman–Crippen MR) is 102 cm³/mol. The zero-order chi connectivity index (χ0) is 17.6. The SMILES string of the molecule is c1ccc(Oc2nccnc2C(c2ccccc2)c2ccccc2)cc1. The zero-order valence-corrected chi connectivity index (χ0v) is 14.2. The Labute approximate surface area is 153 Å². The van der Waals surface area contributed by atoms with E-state index in [9.17, 15) is 0 Å². The number of hydrogen-bond donors (Lipinski definition) is 0. The van der Waals surface area contributed by atoms with Crippen molar-refractivity contribution in [1.29, 1.82) is 0 Å². The van der Waals surface area contributed by atoms with Crippen LogP contribution in [0.3, 0.4) is 0 Å². The third-order valence-electron chi connectivity index (χ3n) is 4.19. The van der Waals surface area contributed by atoms with Crippen molar-refractivity contribution in [2.24, 2.45) is 0 Å². The van der Waals surface area contributed by atoms with Gasteiger partial charge in [0.05, 0.1) is 5.92 Å². The highest BCUT2D eigenvalue weighted by Crippen LogP contribution is 2.36. The van der Waals surface area contributed by atoms with Crippen LogP contribution in [-0.2, 0) is 0 Å². The lowest BCUT2D eigenvalue weighted by atomic mass is 9.88. The van der Waals surface area contributed by atoms with Crippen LogP contribution in [0.25, 0.3) is 0 Å². The molecule has 0 atom stereocenters. The summed E-state index contributed by atoms with van der Waals surface area (Å²) in [5.74, 6) is 1.22. The normalized spacial score (nSPS) is 10.7. The number of benzene rings is 3. The Hall–Kier alpha value is -3.46. The first-order valence-corrected chi connectivity index (χ1v) is 8.55. The fraction of sp³-hybridized carbons (Fsp3) is 0.0435. The lowest BCUT2D eigenvalue weighted by Crippen LogP contribution is -2.08. The van der Waals surface area contributed by atoms with Crippen molar-refractivity contribution in [2.75, 3.05) is 0 Å². The number of ether oxygens (including phenoxy) is 1. The summed E-state index contributed by atoms with van der Waals surface area (Å²) in [5.41, 5.74) is 3.10. The Morgan fingerprint density at radius 1 is 0.577 bits per heavy atom. The number of para-hydroxylation sites is 1. The monoisotopic (exact) mass is 338 g/mol. The summed E-state index contributed by atoms with van der Waals surface area (Å²) in [6.07, 6.45) is 3.38. The molecule has 0 aliphatic heterocycles. The molecule has 4 aromatic rings. The Bertz CT molecular complexity index is 917. The standard InChI is InChI=1S/C23H18N2O/c1-4-10-18(11-5-1)21(19-12-6-2-7-13-19)22-23(25-17-16-24-22)26-20-14-8-3-9-15-20/h1-17,21H. The maximum absolute atomic E-state index is 6.06. The minimum absolute atomic E-state index is 0.0511. The molecule has 0 amide bonds. The van der Waals surface area contributed by atoms with E-state index < -0.39 is 0 Å². The van der Waals surface area contributed by atoms with E-state index in [2.05, 4.69) is 34.2 Å². The summed E-state index contributed by atoms with van der Waals surface area (Å²) >= 11 is 0. The first-order valence-electron chi connectivity index (χ1n) is 8.55. The van der Waals surface area contributed by atoms with E-state index in [1.54, 1.807) is 12.4 Å². The molecule has 0 saturated carbocycles. The van der Waals surface area contributed by atoms with Crippen LogP contribution in [-0.4, -0.2) is 9.97 Å². The van der Waals surface area contributed by atoms with E-state index in [0.717, 1.165) is 22.6 Å². The summed E-state index contributed by atoms with van der Waals surface area (Å²) in [5, 5.41) is 0. The highest BCUT2D eigenvalue weighted by molar-refractivity contribution is 5.44. The summed E-state index contributed by atoms with van der Waals surface area (Å²) in [6.45, 7) is 0. The molecule has 0 unspecified atom stereocenters. The van der Waals surface area contributed by atoms with E-state index in [1.807, 2.05) is 66.7 Å². The number of rotatable bonds is 5. The highest BCUT2D eigenvalue weighted by Gasteiger charge is 2.23. The first-order chi connectivity index (χ1) is 12.9. The molecule has 0 aliphatic carbocycles. The molecule has 0 aliphatic rings. The van der Waals surface area contributed by atoms with Crippen molar-refractivity contribution < 1.29 is 4.74 Å². The fourth-order valence-electron chi connectivity index (χ4n) is 3.01. The van der Waals surface area contributed by atoms with Crippen molar-refractivity contribution in [1.82, 2.24) is 9.97 Å². The van der Waals surface area contributed by atoms with Gasteiger partial charge in [0.25, 0.3) is 0 Å². The van der Waals surface area contributed by atoms with Crippen molar-refractivity contribution in [3.8, 4) is 11.6 Å². The molecule has 0 radical (unpaired) electrons. The summed E-state index contributed by atoms with van der Waals surface area (Å²) in [4.78, 5) is 9.10. The maximum atomic E-state index is 6.06. The first kappa shape index (κ1) is 16.0. The van der Waals surface area contributed by atoms with Gasteiger partial charge in [0.2, 0.25) is 5.88 Å². The summed E-state index contributed by atoms with van der Waals surface area (Å²) < 4.78 is 6.06. The average Bonchev–Trinajstić information content (AvgIpc) is 2.72. The maximum Gasteiger partial charge on any atom is 0.242 e. The van der Waals surface area contributed by atoms with Gasteiger partial charge in [-0.25, -0.2) is 4.98 Å². The molecule has 3 heteroatoms. The van der Waals surface area contributed by atoms with Gasteiger partial charge < -0.3 is 4.74 Å². The molecule has 0 spiro atoms. The molecule has 1 heterocycles. The van der Waals surface area contributed by atoms with Crippen LogP contribution < -0.4 is 4.74 Å². The Morgan fingerprint density at radius 2 is 1.08 bits per heavy atom. The Kier molecular flexibility index (Phi) is 4.70. The summed E-state index contributed by atoms with van der Waals surface area (Å²) in [7, 11) is 0. The summed E-state index contributed by atoms with van der Waals surface area (Å²) in [6, 6.07) is 30.3. The van der Waals surface area contributed by atoms with Gasteiger partial charge in [-0.2, -0.15) is 0 Å². The average molecular weight is 338 g/mol. The lowest BCUT2D eigenvalue weighted by Gasteiger charge is -2.19. The molecule has 3 nitrogen and oxygen atoms in total. The van der Waals surface area contributed by atoms with Crippen molar-refractivity contribution in [2.45, 2.75) is 5.92 Å². The zero-order valence-electron chi connectivity index (χ0n) is 14.2. The molecule has 26 heavy (non-hydrogen) atoms. The van der Waals surface area contributed by atoms with Crippen LogP contribution in [0.1, 0.15) is 22.7 Å². The van der Waals surface area contributed by atoms with Crippen molar-refractivity contribution >= 4 is 0 Å². The van der Waals surface area contributed by atoms with Crippen molar-refractivity contribution in [3.05, 3.63) is 120 Å². The van der Waals surface area contributed by atoms with E-state index in [-0.39, 0.29) is 5.92 Å². The third kappa shape index (κ3) is 3.47. The van der Waals surface area contributed by atoms with Gasteiger partial charge in [-0.3, -0.25) is 4.98 Å². The molecule has 0 fully saturated rings. The van der Waals surface area contributed by atoms with E-state index >= 15 is 0 Å². The molecule has 1 aromatic heterocycles. The number of nitrogens with zero attached hydrogens (tertiary/aromatic N) is 2. The molecule has 0 N–H and O–H groups in total. The van der Waals surface area contributed by atoms with Crippen LogP contribution in [0, 0.1) is 0 Å². The van der Waals surface area contributed by atoms with Gasteiger partial charge in [-0.05, 0) is 23.3 Å². The molecule has 4 rings (SSSR count). The molecular weight excluding hydrogens is 320 g/mol. The second-order valence-corrected chi connectivity index (χ2v) is 5.92. The molecule has 3 aromatic carbocycles. The number of aromatic nitrogens is 2. The van der Waals surface area contributed by atoms with Gasteiger partial charge in [-0.1, -0.05) is 78.9 Å². The minimum atomic E-state index is -0.0511. The van der Waals surface area contributed by atoms with Crippen LogP contribution in [0.2, 0.25) is 0 Å². The Balaban J connectivity index is 1.82. The van der Waals surface area contributed by atoms with Crippen LogP contribution in [0.4, 0.5) is 0 Å². The third-order valence-corrected chi connectivity index (χ3v) is 4.19. The molecule has 0 bridgehead atoms. The second kappa shape index (κ2) is 7.62. The lowest BCUT2D eigenvalue weighted by molar-refractivity contribution is 0.450. The van der Waals surface area contributed by atoms with E-state index in [1.165, 1.54) is 0 Å². The topological polar surface area (TPSA) is 35.0 Å². The van der Waals surface area contributed by atoms with Gasteiger partial charge in [0.15, 0.2) is 0 Å². The van der Waals surface area contributed by atoms with Crippen LogP contribution in [0.5, 0.6) is 11.6 Å². The predicted octanol–water partition coefficient (Wildman–Crippen LogP) is 5.45. The quantitative estimate of drug-likeness (QED) is 0.485. The van der Waals surface area contributed by atoms with Crippen molar-refractivity contribution in [3.63, 3.8) is 0 Å². The van der Waals surface area contributed by atoms with Gasteiger partial charge in [0, 0.05) is 12.4 Å². The fourth-order valence-corrected chi connectivity index (χ4v) is 3.01. The van der Waals surface area contributed by atoms with E-state index in [4.69, 9.17) is 4.74 Å². The van der Waals surface area contributed by atoms with Gasteiger partial charge in [-0.15, -0.1) is 0 Å². The van der Waals surface area contributed by atoms with E-state index in [0.29, 0.717) is 5.88 Å². The molecule has 126 valence electrons. The molecule has 0 saturated heterocycles. The largest absolute Gasteiger partial charge is 0.437 e. The van der Waals surface area contributed by atoms with Gasteiger partial charge >= 0.3 is 0 Å². The second-order valence-electron chi connectivity index (χ2n) is 5.92. The molecular formula is C23H18N2O. The Morgan fingerprint density at radius 3 is 1.65 bits per heavy atom. The minimum Gasteiger partial charge on any atom is -0.437 e. The highest BCUT2D eigenvalue weighted by atomic mass is 16.5.